The van der Waals surface area contributed by atoms with Crippen molar-refractivity contribution in [3.63, 3.8) is 0 Å². The minimum atomic E-state index is 0.812. The van der Waals surface area contributed by atoms with Gasteiger partial charge in [0.25, 0.3) is 0 Å². The Labute approximate surface area is 89.3 Å². The van der Waals surface area contributed by atoms with Gasteiger partial charge in [-0.05, 0) is 17.7 Å². The quantitative estimate of drug-likeness (QED) is 0.442. The Kier molecular flexibility index (Phi) is 3.19. The summed E-state index contributed by atoms with van der Waals surface area (Å²) >= 11 is 0. The summed E-state index contributed by atoms with van der Waals surface area (Å²) in [7, 11) is 0. The Balaban J connectivity index is 2.08. The van der Waals surface area contributed by atoms with Gasteiger partial charge >= 0.3 is 0 Å². The number of nitrogens with zero attached hydrogens (tertiary/aromatic N) is 2. The van der Waals surface area contributed by atoms with Crippen LogP contribution in [0, 0.1) is 0 Å². The minimum absolute atomic E-state index is 0.812. The van der Waals surface area contributed by atoms with Crippen molar-refractivity contribution < 1.29 is 4.74 Å². The molecule has 0 aliphatic carbocycles. The van der Waals surface area contributed by atoms with Gasteiger partial charge in [-0.25, -0.2) is 0 Å². The van der Waals surface area contributed by atoms with E-state index in [2.05, 4.69) is 22.1 Å². The smallest absolute Gasteiger partial charge is 0.0642 e. The van der Waals surface area contributed by atoms with E-state index in [0.29, 0.717) is 0 Å². The lowest BCUT2D eigenvalue weighted by atomic mass is 10.2. The number of benzene rings is 1. The Morgan fingerprint density at radius 1 is 1.20 bits per heavy atom. The number of anilines is 1. The zero-order valence-electron chi connectivity index (χ0n) is 8.60. The zero-order valence-corrected chi connectivity index (χ0v) is 8.60. The van der Waals surface area contributed by atoms with Crippen LogP contribution in [0.4, 0.5) is 5.69 Å². The number of nitrogens with two attached hydrogens (primary N) is 1. The normalized spacial score (nSPS) is 17.2. The van der Waals surface area contributed by atoms with Crippen molar-refractivity contribution in [3.05, 3.63) is 29.8 Å². The number of hydrazone groups is 1. The van der Waals surface area contributed by atoms with E-state index in [1.165, 1.54) is 5.69 Å². The fourth-order valence-electron chi connectivity index (χ4n) is 1.68. The van der Waals surface area contributed by atoms with Crippen LogP contribution in [0.1, 0.15) is 5.56 Å². The third-order valence-electron chi connectivity index (χ3n) is 2.49. The second kappa shape index (κ2) is 4.79. The van der Waals surface area contributed by atoms with E-state index in [0.717, 1.165) is 31.9 Å². The first kappa shape index (κ1) is 9.98. The maximum absolute atomic E-state index is 5.30. The number of hydrogen-bond acceptors (Lipinski definition) is 4. The van der Waals surface area contributed by atoms with Crippen LogP contribution < -0.4 is 10.7 Å². The molecule has 0 atom stereocenters. The van der Waals surface area contributed by atoms with Gasteiger partial charge < -0.3 is 15.5 Å². The van der Waals surface area contributed by atoms with Crippen LogP contribution in [0.2, 0.25) is 0 Å². The number of rotatable bonds is 2. The van der Waals surface area contributed by atoms with Gasteiger partial charge in [0.15, 0.2) is 0 Å². The monoisotopic (exact) mass is 205 g/mol. The standard InChI is InChI=1S/C11H15N3O/c12-13-9-10-1-3-11(4-2-10)14-5-7-15-8-6-14/h1-4,9H,5-8,12H2. The predicted octanol–water partition coefficient (Wildman–Crippen LogP) is 0.816. The van der Waals surface area contributed by atoms with E-state index in [9.17, 15) is 0 Å². The van der Waals surface area contributed by atoms with Gasteiger partial charge in [0, 0.05) is 18.8 Å². The van der Waals surface area contributed by atoms with Gasteiger partial charge in [0.1, 0.15) is 0 Å². The highest BCUT2D eigenvalue weighted by atomic mass is 16.5. The molecule has 1 aliphatic rings. The zero-order chi connectivity index (χ0) is 10.5. The summed E-state index contributed by atoms with van der Waals surface area (Å²) in [6, 6.07) is 8.20. The van der Waals surface area contributed by atoms with Crippen molar-refractivity contribution in [2.75, 3.05) is 31.2 Å². The lowest BCUT2D eigenvalue weighted by Crippen LogP contribution is -2.36. The molecule has 1 aromatic rings. The van der Waals surface area contributed by atoms with Crippen LogP contribution >= 0.6 is 0 Å². The van der Waals surface area contributed by atoms with Gasteiger partial charge in [0.2, 0.25) is 0 Å². The molecule has 80 valence electrons. The van der Waals surface area contributed by atoms with Crippen LogP contribution in [0.25, 0.3) is 0 Å². The maximum atomic E-state index is 5.30. The molecule has 0 bridgehead atoms. The van der Waals surface area contributed by atoms with Crippen molar-refractivity contribution in [1.82, 2.24) is 0 Å². The van der Waals surface area contributed by atoms with E-state index in [1.807, 2.05) is 12.1 Å². The molecule has 0 radical (unpaired) electrons. The SMILES string of the molecule is NN=Cc1ccc(N2CCOCC2)cc1. The molecule has 0 aromatic heterocycles. The minimum Gasteiger partial charge on any atom is -0.378 e. The van der Waals surface area contributed by atoms with Crippen LogP contribution in [-0.2, 0) is 4.74 Å². The fraction of sp³-hybridized carbons (Fsp3) is 0.364. The third kappa shape index (κ3) is 2.47. The first-order valence-corrected chi connectivity index (χ1v) is 5.06. The van der Waals surface area contributed by atoms with Gasteiger partial charge in [-0.3, -0.25) is 0 Å². The largest absolute Gasteiger partial charge is 0.378 e. The van der Waals surface area contributed by atoms with E-state index < -0.39 is 0 Å². The fourth-order valence-corrected chi connectivity index (χ4v) is 1.68. The molecule has 1 saturated heterocycles. The average Bonchev–Trinajstić information content (AvgIpc) is 2.32. The lowest BCUT2D eigenvalue weighted by Gasteiger charge is -2.28. The Bertz CT molecular complexity index is 328. The molecular formula is C11H15N3O. The predicted molar refractivity (Wildman–Crippen MR) is 61.3 cm³/mol. The van der Waals surface area contributed by atoms with Gasteiger partial charge in [-0.15, -0.1) is 0 Å². The molecule has 0 unspecified atom stereocenters. The number of morpholine rings is 1. The molecule has 1 heterocycles. The summed E-state index contributed by atoms with van der Waals surface area (Å²) in [6.45, 7) is 3.55. The molecule has 1 fully saturated rings. The molecule has 4 heteroatoms. The van der Waals surface area contributed by atoms with Crippen LogP contribution in [0.15, 0.2) is 29.4 Å². The summed E-state index contributed by atoms with van der Waals surface area (Å²) in [6.07, 6.45) is 1.64. The Hall–Kier alpha value is -1.55. The number of hydrogen-bond donors (Lipinski definition) is 1. The van der Waals surface area contributed by atoms with Gasteiger partial charge in [0.05, 0.1) is 19.4 Å². The molecule has 1 aliphatic heterocycles. The van der Waals surface area contributed by atoms with E-state index in [1.54, 1.807) is 6.21 Å². The van der Waals surface area contributed by atoms with Crippen molar-refractivity contribution in [3.8, 4) is 0 Å². The van der Waals surface area contributed by atoms with Gasteiger partial charge in [-0.2, -0.15) is 5.10 Å². The van der Waals surface area contributed by atoms with Crippen LogP contribution in [0.5, 0.6) is 0 Å². The van der Waals surface area contributed by atoms with E-state index in [4.69, 9.17) is 10.6 Å². The molecule has 2 rings (SSSR count). The summed E-state index contributed by atoms with van der Waals surface area (Å²) in [5, 5.41) is 3.49. The highest BCUT2D eigenvalue weighted by Gasteiger charge is 2.10. The number of ether oxygens (including phenoxy) is 1. The first-order chi connectivity index (χ1) is 7.40. The highest BCUT2D eigenvalue weighted by Crippen LogP contribution is 2.15. The highest BCUT2D eigenvalue weighted by molar-refractivity contribution is 5.80. The Morgan fingerprint density at radius 3 is 2.47 bits per heavy atom. The van der Waals surface area contributed by atoms with Crippen molar-refractivity contribution in [1.29, 1.82) is 0 Å². The molecular weight excluding hydrogens is 190 g/mol. The maximum Gasteiger partial charge on any atom is 0.0642 e. The van der Waals surface area contributed by atoms with Crippen LogP contribution in [-0.4, -0.2) is 32.5 Å². The van der Waals surface area contributed by atoms with Crippen molar-refractivity contribution in [2.45, 2.75) is 0 Å². The molecule has 0 saturated carbocycles. The summed E-state index contributed by atoms with van der Waals surface area (Å²) in [4.78, 5) is 2.31. The average molecular weight is 205 g/mol. The summed E-state index contributed by atoms with van der Waals surface area (Å²) < 4.78 is 5.30. The molecule has 4 nitrogen and oxygen atoms in total. The lowest BCUT2D eigenvalue weighted by molar-refractivity contribution is 0.122. The third-order valence-corrected chi connectivity index (χ3v) is 2.49. The van der Waals surface area contributed by atoms with E-state index in [-0.39, 0.29) is 0 Å². The van der Waals surface area contributed by atoms with Crippen LogP contribution in [0.3, 0.4) is 0 Å². The first-order valence-electron chi connectivity index (χ1n) is 5.06. The second-order valence-corrected chi connectivity index (χ2v) is 3.47. The molecule has 2 N–H and O–H groups in total. The van der Waals surface area contributed by atoms with Gasteiger partial charge in [-0.1, -0.05) is 12.1 Å². The topological polar surface area (TPSA) is 50.8 Å². The molecule has 1 aromatic carbocycles. The Morgan fingerprint density at radius 2 is 1.87 bits per heavy atom. The van der Waals surface area contributed by atoms with Crippen molar-refractivity contribution >= 4 is 11.9 Å². The van der Waals surface area contributed by atoms with E-state index >= 15 is 0 Å². The molecule has 15 heavy (non-hydrogen) atoms. The summed E-state index contributed by atoms with van der Waals surface area (Å²) in [5.41, 5.74) is 2.25. The summed E-state index contributed by atoms with van der Waals surface area (Å²) in [5.74, 6) is 5.08. The van der Waals surface area contributed by atoms with Crippen molar-refractivity contribution in [2.24, 2.45) is 10.9 Å². The molecule has 0 amide bonds. The second-order valence-electron chi connectivity index (χ2n) is 3.47. The molecule has 0 spiro atoms.